The number of aromatic amines is 1. The zero-order valence-corrected chi connectivity index (χ0v) is 18.4. The number of hydrogen-bond donors (Lipinski definition) is 1. The zero-order valence-electron chi connectivity index (χ0n) is 17.6. The number of ether oxygens (including phenoxy) is 1. The monoisotopic (exact) mass is 463 g/mol. The number of nitrogens with zero attached hydrogens (tertiary/aromatic N) is 4. The van der Waals surface area contributed by atoms with Crippen molar-refractivity contribution in [1.29, 1.82) is 0 Å². The number of piperazine rings is 1. The fourth-order valence-corrected chi connectivity index (χ4v) is 5.38. The smallest absolute Gasteiger partial charge is 0.253 e. The summed E-state index contributed by atoms with van der Waals surface area (Å²) < 4.78 is 33.4. The van der Waals surface area contributed by atoms with Gasteiger partial charge in [0.25, 0.3) is 5.91 Å². The molecule has 0 radical (unpaired) electrons. The maximum atomic E-state index is 13.2. The lowest BCUT2D eigenvalue weighted by molar-refractivity contribution is 0.0698. The molecule has 1 saturated heterocycles. The minimum Gasteiger partial charge on any atom is -0.456 e. The molecular formula is C23H21N5O4S. The molecule has 3 aromatic heterocycles. The van der Waals surface area contributed by atoms with Crippen molar-refractivity contribution >= 4 is 27.0 Å². The van der Waals surface area contributed by atoms with E-state index in [2.05, 4.69) is 15.0 Å². The van der Waals surface area contributed by atoms with Crippen LogP contribution in [0.25, 0.3) is 11.0 Å². The Bertz CT molecular complexity index is 1380. The van der Waals surface area contributed by atoms with Crippen LogP contribution in [0.2, 0.25) is 0 Å². The Morgan fingerprint density at radius 2 is 1.70 bits per heavy atom. The van der Waals surface area contributed by atoms with Gasteiger partial charge in [0.2, 0.25) is 10.0 Å². The summed E-state index contributed by atoms with van der Waals surface area (Å²) in [5.74, 6) is 1.07. The number of aromatic nitrogens is 3. The maximum absolute atomic E-state index is 13.2. The number of carbonyl (C=O) groups is 1. The van der Waals surface area contributed by atoms with Crippen LogP contribution in [0.4, 0.5) is 0 Å². The SMILES string of the molecule is O=C(c1ccc(Oc2cccnc2)cc1)N1CCN(S(=O)(=O)c2c[nH]c3ncccc23)CC1. The standard InChI is InChI=1S/C23H21N5O4S/c29-23(17-5-7-18(8-6-17)32-19-3-1-9-24-15-19)27-11-13-28(14-12-27)33(30,31)21-16-26-22-20(21)4-2-10-25-22/h1-10,15-16H,11-14H2,(H,25,26). The van der Waals surface area contributed by atoms with Crippen molar-refractivity contribution in [2.24, 2.45) is 0 Å². The van der Waals surface area contributed by atoms with Crippen LogP contribution in [-0.4, -0.2) is 64.7 Å². The van der Waals surface area contributed by atoms with Crippen molar-refractivity contribution in [2.45, 2.75) is 4.90 Å². The fourth-order valence-electron chi connectivity index (χ4n) is 3.81. The Kier molecular flexibility index (Phi) is 5.53. The van der Waals surface area contributed by atoms with Crippen LogP contribution in [0.5, 0.6) is 11.5 Å². The van der Waals surface area contributed by atoms with Crippen molar-refractivity contribution in [2.75, 3.05) is 26.2 Å². The number of rotatable bonds is 5. The number of fused-ring (bicyclic) bond motifs is 1. The maximum Gasteiger partial charge on any atom is 0.253 e. The molecule has 0 unspecified atom stereocenters. The highest BCUT2D eigenvalue weighted by Crippen LogP contribution is 2.26. The zero-order chi connectivity index (χ0) is 22.8. The van der Waals surface area contributed by atoms with Crippen LogP contribution in [-0.2, 0) is 10.0 Å². The predicted octanol–water partition coefficient (Wildman–Crippen LogP) is 2.90. The van der Waals surface area contributed by atoms with E-state index in [9.17, 15) is 13.2 Å². The first-order valence-corrected chi connectivity index (χ1v) is 11.9. The normalized spacial score (nSPS) is 15.0. The topological polar surface area (TPSA) is 108 Å². The Balaban J connectivity index is 1.24. The second-order valence-electron chi connectivity index (χ2n) is 7.56. The fraction of sp³-hybridized carbons (Fsp3) is 0.174. The third kappa shape index (κ3) is 4.18. The minimum atomic E-state index is -3.69. The third-order valence-electron chi connectivity index (χ3n) is 5.53. The van der Waals surface area contributed by atoms with E-state index in [1.807, 2.05) is 0 Å². The molecule has 0 aliphatic carbocycles. The molecule has 33 heavy (non-hydrogen) atoms. The summed E-state index contributed by atoms with van der Waals surface area (Å²) in [5.41, 5.74) is 1.05. The second-order valence-corrected chi connectivity index (χ2v) is 9.47. The molecule has 1 fully saturated rings. The summed E-state index contributed by atoms with van der Waals surface area (Å²) in [6, 6.07) is 13.9. The predicted molar refractivity (Wildman–Crippen MR) is 122 cm³/mol. The number of H-pyrrole nitrogens is 1. The van der Waals surface area contributed by atoms with Gasteiger partial charge in [-0.05, 0) is 48.5 Å². The summed E-state index contributed by atoms with van der Waals surface area (Å²) in [7, 11) is -3.69. The molecule has 9 nitrogen and oxygen atoms in total. The van der Waals surface area contributed by atoms with Gasteiger partial charge in [0.15, 0.2) is 0 Å². The van der Waals surface area contributed by atoms with Gasteiger partial charge in [0, 0.05) is 55.7 Å². The first-order chi connectivity index (χ1) is 16.0. The lowest BCUT2D eigenvalue weighted by Crippen LogP contribution is -2.50. The highest BCUT2D eigenvalue weighted by atomic mass is 32.2. The summed E-state index contributed by atoms with van der Waals surface area (Å²) in [6.07, 6.45) is 6.35. The number of sulfonamides is 1. The van der Waals surface area contributed by atoms with Crippen LogP contribution >= 0.6 is 0 Å². The lowest BCUT2D eigenvalue weighted by atomic mass is 10.2. The highest BCUT2D eigenvalue weighted by molar-refractivity contribution is 7.89. The molecule has 4 aromatic rings. The van der Waals surface area contributed by atoms with Crippen LogP contribution in [0.3, 0.4) is 0 Å². The van der Waals surface area contributed by atoms with Gasteiger partial charge in [-0.2, -0.15) is 4.31 Å². The molecule has 0 atom stereocenters. The molecule has 0 spiro atoms. The first kappa shape index (κ1) is 21.1. The summed E-state index contributed by atoms with van der Waals surface area (Å²) in [6.45, 7) is 1.08. The van der Waals surface area contributed by atoms with Gasteiger partial charge < -0.3 is 14.6 Å². The van der Waals surface area contributed by atoms with Crippen molar-refractivity contribution < 1.29 is 17.9 Å². The van der Waals surface area contributed by atoms with Gasteiger partial charge >= 0.3 is 0 Å². The largest absolute Gasteiger partial charge is 0.456 e. The van der Waals surface area contributed by atoms with Crippen molar-refractivity contribution in [1.82, 2.24) is 24.2 Å². The van der Waals surface area contributed by atoms with Gasteiger partial charge in [-0.25, -0.2) is 13.4 Å². The van der Waals surface area contributed by atoms with E-state index < -0.39 is 10.0 Å². The molecular weight excluding hydrogens is 442 g/mol. The minimum absolute atomic E-state index is 0.142. The molecule has 5 rings (SSSR count). The van der Waals surface area contributed by atoms with E-state index in [0.717, 1.165) is 0 Å². The van der Waals surface area contributed by atoms with Gasteiger partial charge in [-0.3, -0.25) is 9.78 Å². The number of amides is 1. The van der Waals surface area contributed by atoms with Gasteiger partial charge in [0.05, 0.1) is 6.20 Å². The molecule has 1 amide bonds. The number of pyridine rings is 2. The average Bonchev–Trinajstić information content (AvgIpc) is 3.30. The van der Waals surface area contributed by atoms with E-state index in [-0.39, 0.29) is 23.9 Å². The van der Waals surface area contributed by atoms with Crippen molar-refractivity contribution in [3.8, 4) is 11.5 Å². The Morgan fingerprint density at radius 3 is 2.42 bits per heavy atom. The van der Waals surface area contributed by atoms with Crippen LogP contribution in [0.15, 0.2) is 78.2 Å². The highest BCUT2D eigenvalue weighted by Gasteiger charge is 2.32. The Labute approximate surface area is 190 Å². The lowest BCUT2D eigenvalue weighted by Gasteiger charge is -2.34. The number of nitrogens with one attached hydrogen (secondary N) is 1. The molecule has 1 aliphatic rings. The van der Waals surface area contributed by atoms with E-state index in [1.54, 1.807) is 72.0 Å². The van der Waals surface area contributed by atoms with E-state index in [4.69, 9.17) is 4.74 Å². The summed E-state index contributed by atoms with van der Waals surface area (Å²) >= 11 is 0. The molecule has 10 heteroatoms. The van der Waals surface area contributed by atoms with E-state index in [1.165, 1.54) is 10.5 Å². The first-order valence-electron chi connectivity index (χ1n) is 10.4. The molecule has 168 valence electrons. The number of hydrogen-bond acceptors (Lipinski definition) is 6. The van der Waals surface area contributed by atoms with E-state index >= 15 is 0 Å². The molecule has 1 aromatic carbocycles. The van der Waals surface area contributed by atoms with Gasteiger partial charge in [-0.1, -0.05) is 0 Å². The van der Waals surface area contributed by atoms with Gasteiger partial charge in [0.1, 0.15) is 22.0 Å². The molecule has 0 saturated carbocycles. The molecule has 1 N–H and O–H groups in total. The van der Waals surface area contributed by atoms with Crippen LogP contribution < -0.4 is 4.74 Å². The van der Waals surface area contributed by atoms with Gasteiger partial charge in [-0.15, -0.1) is 0 Å². The Hall–Kier alpha value is -3.76. The van der Waals surface area contributed by atoms with E-state index in [0.29, 0.717) is 41.2 Å². The van der Waals surface area contributed by atoms with Crippen LogP contribution in [0.1, 0.15) is 10.4 Å². The summed E-state index contributed by atoms with van der Waals surface area (Å²) in [4.78, 5) is 25.9. The third-order valence-corrected chi connectivity index (χ3v) is 7.47. The quantitative estimate of drug-likeness (QED) is 0.488. The molecule has 4 heterocycles. The number of carbonyl (C=O) groups excluding carboxylic acids is 1. The number of benzene rings is 1. The second kappa shape index (κ2) is 8.64. The van der Waals surface area contributed by atoms with Crippen molar-refractivity contribution in [3.63, 3.8) is 0 Å². The average molecular weight is 464 g/mol. The van der Waals surface area contributed by atoms with Crippen molar-refractivity contribution in [3.05, 3.63) is 78.9 Å². The summed E-state index contributed by atoms with van der Waals surface area (Å²) in [5, 5.41) is 0.560. The molecule has 1 aliphatic heterocycles. The van der Waals surface area contributed by atoms with Crippen LogP contribution in [0, 0.1) is 0 Å². The molecule has 0 bridgehead atoms. The Morgan fingerprint density at radius 1 is 0.939 bits per heavy atom.